The Kier molecular flexibility index (Phi) is 56.3. The van der Waals surface area contributed by atoms with E-state index in [-0.39, 0.29) is 72.9 Å². The second-order valence-corrected chi connectivity index (χ2v) is 0.100. The standard InChI is InChI=1S/CHNO.Ir.K.H/c2-1-3;;;/h3H;;;/q;;+1;-1. The molecule has 27 valence electrons. The van der Waals surface area contributed by atoms with E-state index in [0.717, 1.165) is 6.26 Å². The third-order valence-corrected chi connectivity index (χ3v) is 0. The Morgan fingerprint density at radius 1 is 1.80 bits per heavy atom. The Morgan fingerprint density at radius 2 is 1.80 bits per heavy atom. The predicted octanol–water partition coefficient (Wildman–Crippen LogP) is -3.05. The molecule has 0 fully saturated rings. The van der Waals surface area contributed by atoms with Crippen LogP contribution in [-0.4, -0.2) is 5.11 Å². The van der Waals surface area contributed by atoms with Crippen LogP contribution in [0.15, 0.2) is 0 Å². The first-order valence-corrected chi connectivity index (χ1v) is 0.447. The van der Waals surface area contributed by atoms with Gasteiger partial charge in [-0.15, -0.1) is 0 Å². The van der Waals surface area contributed by atoms with E-state index < -0.39 is 0 Å². The molecule has 0 saturated carbocycles. The molecule has 0 rings (SSSR count). The molecule has 0 saturated heterocycles. The van der Waals surface area contributed by atoms with Gasteiger partial charge >= 0.3 is 51.4 Å². The van der Waals surface area contributed by atoms with Crippen LogP contribution in [0, 0.1) is 11.5 Å². The van der Waals surface area contributed by atoms with E-state index in [1.165, 1.54) is 0 Å². The molecule has 0 aromatic heterocycles. The fraction of sp³-hybridized carbons (Fsp3) is 0. The fourth-order valence-electron chi connectivity index (χ4n) is 0. The van der Waals surface area contributed by atoms with Crippen molar-refractivity contribution in [3.8, 4) is 6.26 Å². The zero-order valence-electron chi connectivity index (χ0n) is 3.73. The van der Waals surface area contributed by atoms with Crippen LogP contribution in [-0.2, 0) is 20.1 Å². The van der Waals surface area contributed by atoms with E-state index >= 15 is 0 Å². The summed E-state index contributed by atoms with van der Waals surface area (Å²) in [6.45, 7) is 0. The zero-order valence-corrected chi connectivity index (χ0v) is 8.25. The molecule has 5 heavy (non-hydrogen) atoms. The summed E-state index contributed by atoms with van der Waals surface area (Å²) in [6.07, 6.45) is 0.750. The van der Waals surface area contributed by atoms with Crippen LogP contribution < -0.4 is 51.4 Å². The average molecular weight is 275 g/mol. The first-order valence-electron chi connectivity index (χ1n) is 0.447. The molecule has 0 aliphatic carbocycles. The number of nitrogens with zero attached hydrogens (tertiary/aromatic N) is 1. The zero-order chi connectivity index (χ0) is 2.71. The van der Waals surface area contributed by atoms with Gasteiger partial charge in [-0.2, -0.15) is 5.26 Å². The first-order chi connectivity index (χ1) is 1.41. The summed E-state index contributed by atoms with van der Waals surface area (Å²) in [5, 5.41) is 13.8. The van der Waals surface area contributed by atoms with Crippen molar-refractivity contribution in [3.05, 3.63) is 0 Å². The summed E-state index contributed by atoms with van der Waals surface area (Å²) in [6, 6.07) is 0. The summed E-state index contributed by atoms with van der Waals surface area (Å²) >= 11 is 0. The molecule has 0 unspecified atom stereocenters. The van der Waals surface area contributed by atoms with Crippen molar-refractivity contribution >= 4 is 0 Å². The first kappa shape index (κ1) is 16.0. The van der Waals surface area contributed by atoms with Crippen LogP contribution in [0.1, 0.15) is 1.43 Å². The number of hydrogen-bond donors (Lipinski definition) is 1. The van der Waals surface area contributed by atoms with E-state index in [2.05, 4.69) is 0 Å². The molecule has 1 radical (unpaired) electrons. The van der Waals surface area contributed by atoms with E-state index in [1.807, 2.05) is 0 Å². The quantitative estimate of drug-likeness (QED) is 0.377. The van der Waals surface area contributed by atoms with Gasteiger partial charge in [0, 0.05) is 20.1 Å². The van der Waals surface area contributed by atoms with Crippen molar-refractivity contribution in [3.63, 3.8) is 0 Å². The molecule has 0 aromatic rings. The largest absolute Gasteiger partial charge is 1.00 e. The van der Waals surface area contributed by atoms with Gasteiger partial charge in [0.05, 0.1) is 0 Å². The van der Waals surface area contributed by atoms with Crippen molar-refractivity contribution < 1.29 is 78.0 Å². The number of nitriles is 1. The Hall–Kier alpha value is 1.58. The van der Waals surface area contributed by atoms with Crippen molar-refractivity contribution in [1.29, 1.82) is 5.26 Å². The fourth-order valence-corrected chi connectivity index (χ4v) is 0. The summed E-state index contributed by atoms with van der Waals surface area (Å²) < 4.78 is 0. The van der Waals surface area contributed by atoms with Gasteiger partial charge in [-0.25, -0.2) is 0 Å². The SMILES string of the molecule is N#CO.[H-].[Ir].[K+]. The average Bonchev–Trinajstić information content (AvgIpc) is 0.918. The minimum Gasteiger partial charge on any atom is -1.00 e. The van der Waals surface area contributed by atoms with Gasteiger partial charge in [0.1, 0.15) is 0 Å². The van der Waals surface area contributed by atoms with Crippen LogP contribution in [0.2, 0.25) is 0 Å². The molecule has 0 atom stereocenters. The molecule has 0 aliphatic rings. The van der Waals surface area contributed by atoms with Crippen LogP contribution >= 0.6 is 0 Å². The smallest absolute Gasteiger partial charge is 1.00 e. The maximum absolute atomic E-state index is 6.88. The van der Waals surface area contributed by atoms with Gasteiger partial charge in [0.2, 0.25) is 0 Å². The summed E-state index contributed by atoms with van der Waals surface area (Å²) in [4.78, 5) is 0. The van der Waals surface area contributed by atoms with Crippen molar-refractivity contribution in [2.75, 3.05) is 0 Å². The third-order valence-electron chi connectivity index (χ3n) is 0. The van der Waals surface area contributed by atoms with Gasteiger partial charge in [0.15, 0.2) is 0 Å². The number of rotatable bonds is 0. The minimum atomic E-state index is 0. The molecule has 1 N–H and O–H groups in total. The summed E-state index contributed by atoms with van der Waals surface area (Å²) in [5.74, 6) is 0. The molecule has 0 aliphatic heterocycles. The van der Waals surface area contributed by atoms with Crippen molar-refractivity contribution in [2.45, 2.75) is 0 Å². The van der Waals surface area contributed by atoms with Crippen LogP contribution in [0.4, 0.5) is 0 Å². The number of hydrogen-bond acceptors (Lipinski definition) is 2. The normalized spacial score (nSPS) is 1.40. The molecule has 2 nitrogen and oxygen atoms in total. The minimum absolute atomic E-state index is 0. The number of aliphatic hydroxyl groups is 1. The Labute approximate surface area is 87.8 Å². The van der Waals surface area contributed by atoms with Gasteiger partial charge < -0.3 is 6.53 Å². The molecule has 0 aromatic carbocycles. The maximum atomic E-state index is 6.88. The number of aliphatic hydroxyl groups excluding tert-OH is 1. The van der Waals surface area contributed by atoms with E-state index in [9.17, 15) is 0 Å². The molecule has 0 amide bonds. The van der Waals surface area contributed by atoms with E-state index in [4.69, 9.17) is 10.4 Å². The van der Waals surface area contributed by atoms with E-state index in [0.29, 0.717) is 0 Å². The summed E-state index contributed by atoms with van der Waals surface area (Å²) in [7, 11) is 0. The van der Waals surface area contributed by atoms with E-state index in [1.54, 1.807) is 0 Å². The Bertz CT molecular complexity index is 37.0. The maximum Gasteiger partial charge on any atom is 1.00 e. The van der Waals surface area contributed by atoms with Gasteiger partial charge in [0.25, 0.3) is 6.26 Å². The molecule has 0 heterocycles. The Balaban J connectivity index is -0.00000000667. The van der Waals surface area contributed by atoms with Crippen LogP contribution in [0.5, 0.6) is 0 Å². The van der Waals surface area contributed by atoms with Gasteiger partial charge in [-0.05, 0) is 0 Å². The molecule has 0 spiro atoms. The second-order valence-electron chi connectivity index (χ2n) is 0.100. The second kappa shape index (κ2) is 17.6. The third kappa shape index (κ3) is 28.7. The Morgan fingerprint density at radius 3 is 1.80 bits per heavy atom. The van der Waals surface area contributed by atoms with Crippen molar-refractivity contribution in [1.82, 2.24) is 0 Å². The van der Waals surface area contributed by atoms with Crippen LogP contribution in [0.25, 0.3) is 0 Å². The summed E-state index contributed by atoms with van der Waals surface area (Å²) in [5.41, 5.74) is 0. The molecular formula is CH2IrKNO. The monoisotopic (exact) mass is 276 g/mol. The topological polar surface area (TPSA) is 44.0 Å². The van der Waals surface area contributed by atoms with Gasteiger partial charge in [-0.3, -0.25) is 0 Å². The van der Waals surface area contributed by atoms with Crippen molar-refractivity contribution in [2.24, 2.45) is 0 Å². The molecule has 0 bridgehead atoms. The molecule has 4 heteroatoms. The van der Waals surface area contributed by atoms with Crippen LogP contribution in [0.3, 0.4) is 0 Å². The van der Waals surface area contributed by atoms with Gasteiger partial charge in [-0.1, -0.05) is 0 Å². The predicted molar refractivity (Wildman–Crippen MR) is 8.66 cm³/mol. The molecular weight excluding hydrogens is 273 g/mol.